The second-order valence-electron chi connectivity index (χ2n) is 24.2. The molecule has 39 atom stereocenters. The molecule has 24 N–H and O–H groups in total. The molecule has 8 rings (SSSR count). The fourth-order valence-electron chi connectivity index (χ4n) is 12.2. The van der Waals surface area contributed by atoms with Gasteiger partial charge in [-0.1, -0.05) is 0 Å². The van der Waals surface area contributed by atoms with Crippen molar-refractivity contribution in [3.05, 3.63) is 0 Å². The van der Waals surface area contributed by atoms with Crippen LogP contribution < -0.4 is 16.0 Å². The predicted octanol–water partition coefficient (Wildman–Crippen LogP) is -16.4. The third-order valence-corrected chi connectivity index (χ3v) is 17.4. The summed E-state index contributed by atoms with van der Waals surface area (Å²) in [7, 11) is 0. The van der Waals surface area contributed by atoms with E-state index in [1.54, 1.807) is 0 Å². The zero-order valence-corrected chi connectivity index (χ0v) is 51.2. The van der Waals surface area contributed by atoms with Gasteiger partial charge in [-0.3, -0.25) is 14.4 Å². The normalized spacial score (nSPS) is 49.9. The SMILES string of the molecule is CC(=O)N[C@H]1[C@H](O[C@H]2[C@H](O[C@@H]3O[C@@H](C)[C@@H](O)[C@@H](O)[C@@H]3O)[C@@H](NC(C)=O)C(O)O[C@@H]2CO)O[C@H](CO)[C@@H](O[C@@H]2O[C@H](CO[C@H]3O[C@H](CO)[C@@H](O)[C@H](O)[C@@H]3O[C@@H]3O[C@H](CO)[C@@H](O)[C@H](O)[C@H]3NC(C)=O)[C@@H](O)[C@H](O[C@H]3O[C@H](CO)[C@@H](O)[C@H](O)[C@@H]3O)[C@@H]2O[C@H]2OC[C@@H](O)[C@H](O)[C@H]2O)[C@@H]1O. The van der Waals surface area contributed by atoms with Crippen LogP contribution in [0, 0.1) is 0 Å². The highest BCUT2D eigenvalue weighted by Crippen LogP contribution is 2.39. The number of hydrogen-bond acceptors (Lipinski definition) is 39. The van der Waals surface area contributed by atoms with Gasteiger partial charge in [0, 0.05) is 20.8 Å². The fraction of sp³-hybridized carbons (Fsp3) is 0.943. The van der Waals surface area contributed by atoms with E-state index >= 15 is 0 Å². The molecule has 1 unspecified atom stereocenters. The van der Waals surface area contributed by atoms with E-state index in [2.05, 4.69) is 16.0 Å². The van der Waals surface area contributed by atoms with Gasteiger partial charge in [-0.05, 0) is 6.92 Å². The molecule has 8 fully saturated rings. The van der Waals surface area contributed by atoms with Crippen LogP contribution in [0.15, 0.2) is 0 Å². The average molecular weight is 1390 g/mol. The molecule has 0 radical (unpaired) electrons. The third kappa shape index (κ3) is 17.1. The lowest BCUT2D eigenvalue weighted by Gasteiger charge is -2.52. The van der Waals surface area contributed by atoms with Gasteiger partial charge in [-0.15, -0.1) is 0 Å². The third-order valence-electron chi connectivity index (χ3n) is 17.4. The number of hydrogen-bond donors (Lipinski definition) is 24. The standard InChI is InChI=1S/C53H89N3O39/c1-12-26(66)34(74)38(78)50(83-12)92-42-25(56-15(4)64)46(80)84-21(9-61)41(42)91-48-24(55-14(3)63)33(73)40(20(8-60)88-48)90-53-45(95-49-37(77)27(67)16(65)10-81-49)43(93-51-39(79)35(75)29(69)18(6-58)86-51)31(71)22(89-53)11-82-52-44(36(76)30(70)19(7-59)87-52)94-47-23(54-13(2)62)32(72)28(68)17(5-57)85-47/h12,16-53,57-61,65-80H,5-11H2,1-4H3,(H,54,62)(H,55,63)(H,56,64)/t12-,16+,17+,18+,19+,20+,21+,22+,23+,24+,25+,26+,27-,28+,29+,30+,31+,32+,33+,34+,35-,36-,37+,38-,39-,40+,41+,42+,43-,44-,45-,46?,47-,48-,49+,50-,51+,52-,53-/m0/s1. The highest BCUT2D eigenvalue weighted by molar-refractivity contribution is 5.74. The van der Waals surface area contributed by atoms with Gasteiger partial charge in [0.1, 0.15) is 183 Å². The number of aliphatic hydroxyl groups is 21. The molecule has 0 aromatic rings. The summed E-state index contributed by atoms with van der Waals surface area (Å²) in [6.45, 7) is -2.89. The van der Waals surface area contributed by atoms with E-state index in [0.29, 0.717) is 0 Å². The smallest absolute Gasteiger partial charge is 0.217 e. The molecule has 42 nitrogen and oxygen atoms in total. The van der Waals surface area contributed by atoms with Crippen molar-refractivity contribution >= 4 is 17.7 Å². The minimum atomic E-state index is -2.38. The molecule has 0 spiro atoms. The molecule has 8 heterocycles. The van der Waals surface area contributed by atoms with Gasteiger partial charge >= 0.3 is 0 Å². The van der Waals surface area contributed by atoms with Crippen molar-refractivity contribution in [3.8, 4) is 0 Å². The first kappa shape index (κ1) is 77.7. The van der Waals surface area contributed by atoms with Gasteiger partial charge in [0.25, 0.3) is 0 Å². The Hall–Kier alpha value is -3.03. The molecule has 0 aliphatic carbocycles. The van der Waals surface area contributed by atoms with Gasteiger partial charge in [0.2, 0.25) is 17.7 Å². The maximum Gasteiger partial charge on any atom is 0.217 e. The number of carbonyl (C=O) groups excluding carboxylic acids is 3. The highest BCUT2D eigenvalue weighted by atomic mass is 16.8. The lowest BCUT2D eigenvalue weighted by Crippen LogP contribution is -2.71. The van der Waals surface area contributed by atoms with Crippen molar-refractivity contribution in [2.24, 2.45) is 0 Å². The van der Waals surface area contributed by atoms with Crippen LogP contribution in [0.3, 0.4) is 0 Å². The van der Waals surface area contributed by atoms with Crippen LogP contribution in [0.5, 0.6) is 0 Å². The van der Waals surface area contributed by atoms with Crippen LogP contribution in [0.4, 0.5) is 0 Å². The Morgan fingerprint density at radius 2 is 0.747 bits per heavy atom. The van der Waals surface area contributed by atoms with Gasteiger partial charge in [-0.25, -0.2) is 0 Å². The number of amides is 3. The topological polar surface area (TPSA) is 651 Å². The number of aliphatic hydroxyl groups excluding tert-OH is 21. The van der Waals surface area contributed by atoms with E-state index in [1.807, 2.05) is 0 Å². The first-order valence-corrected chi connectivity index (χ1v) is 30.4. The van der Waals surface area contributed by atoms with E-state index in [4.69, 9.17) is 71.1 Å². The summed E-state index contributed by atoms with van der Waals surface area (Å²) in [5.74, 6) is -2.59. The van der Waals surface area contributed by atoms with Crippen LogP contribution in [0.1, 0.15) is 27.7 Å². The summed E-state index contributed by atoms with van der Waals surface area (Å²) in [6.07, 6.45) is -72.1. The summed E-state index contributed by atoms with van der Waals surface area (Å²) in [4.78, 5) is 38.2. The maximum atomic E-state index is 13.2. The summed E-state index contributed by atoms with van der Waals surface area (Å²) in [6, 6.07) is -5.38. The maximum absolute atomic E-state index is 13.2. The first-order chi connectivity index (χ1) is 44.9. The molecule has 0 bridgehead atoms. The predicted molar refractivity (Wildman–Crippen MR) is 292 cm³/mol. The molecule has 3 amide bonds. The molecule has 0 aromatic carbocycles. The van der Waals surface area contributed by atoms with Crippen LogP contribution in [0.2, 0.25) is 0 Å². The van der Waals surface area contributed by atoms with Crippen molar-refractivity contribution < 1.29 is 193 Å². The number of rotatable bonds is 23. The first-order valence-electron chi connectivity index (χ1n) is 30.4. The van der Waals surface area contributed by atoms with Crippen LogP contribution in [-0.4, -0.2) is 411 Å². The van der Waals surface area contributed by atoms with Gasteiger partial charge in [0.05, 0.1) is 52.4 Å². The Morgan fingerprint density at radius 3 is 1.32 bits per heavy atom. The summed E-state index contributed by atoms with van der Waals surface area (Å²) >= 11 is 0. The minimum absolute atomic E-state index is 0.767. The van der Waals surface area contributed by atoms with Crippen molar-refractivity contribution in [3.63, 3.8) is 0 Å². The van der Waals surface area contributed by atoms with E-state index in [1.165, 1.54) is 6.92 Å². The van der Waals surface area contributed by atoms with Crippen molar-refractivity contribution in [2.75, 3.05) is 46.2 Å². The number of carbonyl (C=O) groups is 3. The molecule has 0 saturated carbocycles. The molecule has 95 heavy (non-hydrogen) atoms. The quantitative estimate of drug-likeness (QED) is 0.0452. The number of ether oxygens (including phenoxy) is 15. The molecule has 42 heteroatoms. The Bertz CT molecular complexity index is 2440. The summed E-state index contributed by atoms with van der Waals surface area (Å²) < 4.78 is 89.5. The minimum Gasteiger partial charge on any atom is -0.394 e. The Labute approximate surface area is 538 Å². The Morgan fingerprint density at radius 1 is 0.337 bits per heavy atom. The molecule has 0 aromatic heterocycles. The Balaban J connectivity index is 1.17. The van der Waals surface area contributed by atoms with Crippen LogP contribution in [0.25, 0.3) is 0 Å². The van der Waals surface area contributed by atoms with Crippen LogP contribution in [-0.2, 0) is 85.4 Å². The van der Waals surface area contributed by atoms with Gasteiger partial charge < -0.3 is 194 Å². The van der Waals surface area contributed by atoms with Crippen molar-refractivity contribution in [1.29, 1.82) is 0 Å². The molecular weight excluding hydrogens is 1300 g/mol. The molecular formula is C53H89N3O39. The summed E-state index contributed by atoms with van der Waals surface area (Å²) in [5.41, 5.74) is 0. The molecule has 8 aliphatic rings. The zero-order chi connectivity index (χ0) is 69.9. The van der Waals surface area contributed by atoms with Crippen molar-refractivity contribution in [2.45, 2.75) is 267 Å². The Kier molecular flexibility index (Phi) is 27.5. The van der Waals surface area contributed by atoms with E-state index in [0.717, 1.165) is 20.8 Å². The van der Waals surface area contributed by atoms with Gasteiger partial charge in [0.15, 0.2) is 50.3 Å². The molecule has 8 aliphatic heterocycles. The van der Waals surface area contributed by atoms with E-state index in [9.17, 15) is 122 Å². The fourth-order valence-corrected chi connectivity index (χ4v) is 12.2. The monoisotopic (exact) mass is 1390 g/mol. The zero-order valence-electron chi connectivity index (χ0n) is 51.2. The highest BCUT2D eigenvalue weighted by Gasteiger charge is 2.60. The summed E-state index contributed by atoms with van der Waals surface area (Å²) in [5, 5.41) is 238. The van der Waals surface area contributed by atoms with Gasteiger partial charge in [-0.2, -0.15) is 0 Å². The lowest BCUT2D eigenvalue weighted by molar-refractivity contribution is -0.406. The number of nitrogens with one attached hydrogen (secondary N) is 3. The molecule has 550 valence electrons. The van der Waals surface area contributed by atoms with Crippen LogP contribution >= 0.6 is 0 Å². The van der Waals surface area contributed by atoms with E-state index < -0.39 is 303 Å². The second kappa shape index (κ2) is 33.6. The largest absolute Gasteiger partial charge is 0.394 e. The second-order valence-corrected chi connectivity index (χ2v) is 24.2. The van der Waals surface area contributed by atoms with Crippen molar-refractivity contribution in [1.82, 2.24) is 16.0 Å². The van der Waals surface area contributed by atoms with E-state index in [-0.39, 0.29) is 0 Å². The molecule has 8 saturated heterocycles. The lowest BCUT2D eigenvalue weighted by atomic mass is 9.93. The average Bonchev–Trinajstić information content (AvgIpc) is 0.770.